The zero-order valence-electron chi connectivity index (χ0n) is 23.7. The van der Waals surface area contributed by atoms with Crippen LogP contribution >= 0.6 is 0 Å². The van der Waals surface area contributed by atoms with Crippen molar-refractivity contribution < 1.29 is 19.2 Å². The summed E-state index contributed by atoms with van der Waals surface area (Å²) < 4.78 is 18.6. The fraction of sp³-hybridized carbons (Fsp3) is 0.294. The number of nitrogens with one attached hydrogen (secondary N) is 1. The molecule has 0 spiro atoms. The number of rotatable bonds is 10. The number of hydrogen-bond acceptors (Lipinski definition) is 5. The minimum atomic E-state index is -0.693. The first-order valence-corrected chi connectivity index (χ1v) is 13.9. The normalized spacial score (nSPS) is 17.0. The van der Waals surface area contributed by atoms with Crippen LogP contribution in [0.25, 0.3) is 0 Å². The van der Waals surface area contributed by atoms with Gasteiger partial charge in [-0.3, -0.25) is 5.32 Å². The fourth-order valence-electron chi connectivity index (χ4n) is 5.16. The average Bonchev–Trinajstić information content (AvgIpc) is 3.21. The molecule has 1 heterocycles. The van der Waals surface area contributed by atoms with Gasteiger partial charge in [0.05, 0.1) is 29.4 Å². The van der Waals surface area contributed by atoms with Crippen molar-refractivity contribution in [2.24, 2.45) is 0 Å². The Labute approximate surface area is 238 Å². The zero-order valence-corrected chi connectivity index (χ0v) is 23.7. The van der Waals surface area contributed by atoms with Gasteiger partial charge in [0.25, 0.3) is 0 Å². The van der Waals surface area contributed by atoms with Gasteiger partial charge in [-0.05, 0) is 62.0 Å². The van der Waals surface area contributed by atoms with Crippen LogP contribution in [0.3, 0.4) is 0 Å². The van der Waals surface area contributed by atoms with Crippen molar-refractivity contribution in [1.82, 2.24) is 5.32 Å². The molecule has 0 aromatic heterocycles. The highest BCUT2D eigenvalue weighted by molar-refractivity contribution is 6.62. The summed E-state index contributed by atoms with van der Waals surface area (Å²) >= 11 is 0. The monoisotopic (exact) mass is 535 g/mol. The molecule has 1 atom stereocenters. The molecule has 5 rings (SSSR count). The number of aliphatic hydroxyl groups excluding tert-OH is 1. The molecule has 1 saturated heterocycles. The molecule has 0 unspecified atom stereocenters. The Bertz CT molecular complexity index is 1250. The lowest BCUT2D eigenvalue weighted by Gasteiger charge is -2.39. The van der Waals surface area contributed by atoms with Crippen molar-refractivity contribution in [2.75, 3.05) is 13.2 Å². The lowest BCUT2D eigenvalue weighted by atomic mass is 9.76. The minimum absolute atomic E-state index is 0.0970. The van der Waals surface area contributed by atoms with Crippen LogP contribution in [0.4, 0.5) is 0 Å². The summed E-state index contributed by atoms with van der Waals surface area (Å²) in [6, 6.07) is 38.5. The second-order valence-corrected chi connectivity index (χ2v) is 11.3. The van der Waals surface area contributed by atoms with Crippen molar-refractivity contribution in [1.29, 1.82) is 0 Å². The molecule has 4 aromatic carbocycles. The van der Waals surface area contributed by atoms with Crippen LogP contribution in [-0.2, 0) is 14.8 Å². The van der Waals surface area contributed by atoms with E-state index in [4.69, 9.17) is 14.0 Å². The Morgan fingerprint density at radius 1 is 0.700 bits per heavy atom. The van der Waals surface area contributed by atoms with E-state index < -0.39 is 23.9 Å². The summed E-state index contributed by atoms with van der Waals surface area (Å²) in [6.45, 7) is 8.38. The highest BCUT2D eigenvalue weighted by atomic mass is 16.7. The number of aliphatic hydroxyl groups is 1. The van der Waals surface area contributed by atoms with Crippen LogP contribution in [0.2, 0.25) is 0 Å². The Morgan fingerprint density at radius 3 is 1.52 bits per heavy atom. The van der Waals surface area contributed by atoms with Crippen molar-refractivity contribution >= 4 is 12.6 Å². The predicted octanol–water partition coefficient (Wildman–Crippen LogP) is 5.31. The van der Waals surface area contributed by atoms with Gasteiger partial charge >= 0.3 is 7.12 Å². The molecule has 1 aliphatic heterocycles. The van der Waals surface area contributed by atoms with Gasteiger partial charge in [-0.2, -0.15) is 0 Å². The summed E-state index contributed by atoms with van der Waals surface area (Å²) in [4.78, 5) is 0. The maximum Gasteiger partial charge on any atom is 0.494 e. The molecular formula is C34H38BNO4. The molecule has 1 aliphatic rings. The first-order valence-electron chi connectivity index (χ1n) is 13.9. The van der Waals surface area contributed by atoms with Crippen molar-refractivity contribution in [3.05, 3.63) is 132 Å². The quantitative estimate of drug-likeness (QED) is 0.213. The van der Waals surface area contributed by atoms with Crippen LogP contribution in [0.5, 0.6) is 5.75 Å². The summed E-state index contributed by atoms with van der Waals surface area (Å²) in [5.41, 5.74) is 2.71. The number of benzene rings is 4. The van der Waals surface area contributed by atoms with E-state index in [0.717, 1.165) is 22.2 Å². The third-order valence-corrected chi connectivity index (χ3v) is 8.12. The number of ether oxygens (including phenoxy) is 1. The van der Waals surface area contributed by atoms with E-state index in [1.165, 1.54) is 0 Å². The molecule has 5 nitrogen and oxygen atoms in total. The Morgan fingerprint density at radius 2 is 1.12 bits per heavy atom. The van der Waals surface area contributed by atoms with Gasteiger partial charge in [0.2, 0.25) is 0 Å². The second kappa shape index (κ2) is 11.6. The molecule has 0 aliphatic carbocycles. The van der Waals surface area contributed by atoms with Gasteiger partial charge in [0, 0.05) is 0 Å². The molecule has 4 aromatic rings. The maximum absolute atomic E-state index is 10.5. The third-order valence-electron chi connectivity index (χ3n) is 8.12. The lowest BCUT2D eigenvalue weighted by Crippen LogP contribution is -2.53. The van der Waals surface area contributed by atoms with Crippen molar-refractivity contribution in [3.8, 4) is 5.75 Å². The average molecular weight is 535 g/mol. The standard InChI is InChI=1S/C34H38BNO4/c1-32(2)33(3,4)40-35(39-32)29-20-22-31(23-21-29)38-25-30(24-37)36-34(26-14-8-5-9-15-26,27-16-10-6-11-17-27)28-18-12-7-13-19-28/h5-23,30,36-37H,24-25H2,1-4H3/t30-/m1/s1. The molecule has 1 fully saturated rings. The topological polar surface area (TPSA) is 60.0 Å². The highest BCUT2D eigenvalue weighted by Gasteiger charge is 2.51. The van der Waals surface area contributed by atoms with E-state index in [1.54, 1.807) is 0 Å². The van der Waals surface area contributed by atoms with Gasteiger partial charge in [0.15, 0.2) is 0 Å². The van der Waals surface area contributed by atoms with Crippen LogP contribution in [0, 0.1) is 0 Å². The molecule has 0 radical (unpaired) electrons. The highest BCUT2D eigenvalue weighted by Crippen LogP contribution is 2.38. The first kappa shape index (κ1) is 28.1. The Balaban J connectivity index is 1.39. The van der Waals surface area contributed by atoms with E-state index in [-0.39, 0.29) is 19.3 Å². The van der Waals surface area contributed by atoms with E-state index in [1.807, 2.05) is 107 Å². The second-order valence-electron chi connectivity index (χ2n) is 11.3. The summed E-state index contributed by atoms with van der Waals surface area (Å²) in [7, 11) is -0.422. The molecule has 0 bridgehead atoms. The molecular weight excluding hydrogens is 497 g/mol. The maximum atomic E-state index is 10.5. The van der Waals surface area contributed by atoms with Gasteiger partial charge in [-0.25, -0.2) is 0 Å². The summed E-state index contributed by atoms with van der Waals surface area (Å²) in [5.74, 6) is 0.713. The fourth-order valence-corrected chi connectivity index (χ4v) is 5.16. The van der Waals surface area contributed by atoms with Crippen LogP contribution in [0.1, 0.15) is 44.4 Å². The summed E-state index contributed by atoms with van der Waals surface area (Å²) in [6.07, 6.45) is 0. The van der Waals surface area contributed by atoms with Gasteiger partial charge in [0.1, 0.15) is 12.4 Å². The van der Waals surface area contributed by atoms with Crippen LogP contribution < -0.4 is 15.5 Å². The van der Waals surface area contributed by atoms with Crippen LogP contribution in [-0.4, -0.2) is 42.7 Å². The van der Waals surface area contributed by atoms with E-state index in [0.29, 0.717) is 5.75 Å². The summed E-state index contributed by atoms with van der Waals surface area (Å²) in [5, 5.41) is 14.3. The SMILES string of the molecule is CC1(C)OB(c2ccc(OC[C@@H](CO)NC(c3ccccc3)(c3ccccc3)c3ccccc3)cc2)OC1(C)C. The molecule has 0 amide bonds. The Hall–Kier alpha value is -3.42. The Kier molecular flexibility index (Phi) is 8.15. The third kappa shape index (κ3) is 5.58. The zero-order chi connectivity index (χ0) is 28.2. The molecule has 0 saturated carbocycles. The molecule has 40 heavy (non-hydrogen) atoms. The van der Waals surface area contributed by atoms with E-state index in [2.05, 4.69) is 41.7 Å². The van der Waals surface area contributed by atoms with Crippen molar-refractivity contribution in [3.63, 3.8) is 0 Å². The van der Waals surface area contributed by atoms with E-state index >= 15 is 0 Å². The molecule has 2 N–H and O–H groups in total. The van der Waals surface area contributed by atoms with Crippen molar-refractivity contribution in [2.45, 2.75) is 50.5 Å². The van der Waals surface area contributed by atoms with Crippen LogP contribution in [0.15, 0.2) is 115 Å². The van der Waals surface area contributed by atoms with Gasteiger partial charge in [-0.15, -0.1) is 0 Å². The smallest absolute Gasteiger partial charge is 0.492 e. The van der Waals surface area contributed by atoms with Gasteiger partial charge < -0.3 is 19.2 Å². The number of hydrogen-bond donors (Lipinski definition) is 2. The predicted molar refractivity (Wildman–Crippen MR) is 161 cm³/mol. The minimum Gasteiger partial charge on any atom is -0.492 e. The molecule has 206 valence electrons. The lowest BCUT2D eigenvalue weighted by molar-refractivity contribution is 0.00578. The first-order chi connectivity index (χ1) is 19.2. The molecule has 6 heteroatoms. The van der Waals surface area contributed by atoms with Gasteiger partial charge in [-0.1, -0.05) is 103 Å². The largest absolute Gasteiger partial charge is 0.494 e. The van der Waals surface area contributed by atoms with E-state index in [9.17, 15) is 5.11 Å².